The Labute approximate surface area is 92.9 Å². The number of azide groups is 1. The number of hydrogen-bond acceptors (Lipinski definition) is 4. The molecule has 16 heavy (non-hydrogen) atoms. The zero-order valence-corrected chi connectivity index (χ0v) is 8.82. The maximum atomic E-state index is 11.5. The molecular weight excluding hydrogens is 212 g/mol. The first-order chi connectivity index (χ1) is 7.72. The van der Waals surface area contributed by atoms with Crippen molar-refractivity contribution in [2.24, 2.45) is 5.11 Å². The zero-order valence-electron chi connectivity index (χ0n) is 8.82. The predicted molar refractivity (Wildman–Crippen MR) is 56.7 cm³/mol. The van der Waals surface area contributed by atoms with Gasteiger partial charge in [0.15, 0.2) is 0 Å². The fraction of sp³-hybridized carbons (Fsp3) is 0.667. The van der Waals surface area contributed by atoms with E-state index in [4.69, 9.17) is 15.4 Å². The summed E-state index contributed by atoms with van der Waals surface area (Å²) in [6, 6.07) is -0.633. The molecule has 2 atom stereocenters. The zero-order chi connectivity index (χ0) is 12.0. The molecule has 1 fully saturated rings. The van der Waals surface area contributed by atoms with Crippen LogP contribution in [0.15, 0.2) is 17.8 Å². The number of carbonyl (C=O) groups excluding carboxylic acids is 1. The summed E-state index contributed by atoms with van der Waals surface area (Å²) in [5.41, 5.74) is 8.30. The van der Waals surface area contributed by atoms with Gasteiger partial charge in [-0.1, -0.05) is 17.8 Å². The highest BCUT2D eigenvalue weighted by Gasteiger charge is 2.35. The molecule has 2 unspecified atom stereocenters. The van der Waals surface area contributed by atoms with Crippen LogP contribution in [0.1, 0.15) is 6.42 Å². The highest BCUT2D eigenvalue weighted by Crippen LogP contribution is 2.21. The molecule has 1 aliphatic heterocycles. The fourth-order valence-corrected chi connectivity index (χ4v) is 1.66. The van der Waals surface area contributed by atoms with Crippen LogP contribution in [0.2, 0.25) is 0 Å². The summed E-state index contributed by atoms with van der Waals surface area (Å²) in [5, 5.41) is 12.6. The van der Waals surface area contributed by atoms with Crippen molar-refractivity contribution in [2.45, 2.75) is 18.5 Å². The fourth-order valence-electron chi connectivity index (χ4n) is 1.66. The monoisotopic (exact) mass is 226 g/mol. The third-order valence-corrected chi connectivity index (χ3v) is 2.38. The number of carbonyl (C=O) groups is 1. The minimum atomic E-state index is -0.519. The molecule has 0 bridgehead atoms. The van der Waals surface area contributed by atoms with E-state index in [-0.39, 0.29) is 31.8 Å². The van der Waals surface area contributed by atoms with Crippen LogP contribution in [-0.2, 0) is 4.74 Å². The molecule has 1 N–H and O–H groups in total. The van der Waals surface area contributed by atoms with Crippen molar-refractivity contribution in [3.8, 4) is 0 Å². The Bertz CT molecular complexity index is 314. The summed E-state index contributed by atoms with van der Waals surface area (Å²) in [7, 11) is 0. The molecule has 1 amide bonds. The summed E-state index contributed by atoms with van der Waals surface area (Å²) in [5.74, 6) is 0. The topological polar surface area (TPSA) is 98.5 Å². The van der Waals surface area contributed by atoms with Gasteiger partial charge in [-0.05, 0) is 12.0 Å². The Balaban J connectivity index is 2.60. The van der Waals surface area contributed by atoms with Gasteiger partial charge in [0.05, 0.1) is 18.7 Å². The third-order valence-electron chi connectivity index (χ3n) is 2.38. The van der Waals surface area contributed by atoms with E-state index in [0.717, 1.165) is 0 Å². The first-order valence-corrected chi connectivity index (χ1v) is 4.92. The quantitative estimate of drug-likeness (QED) is 0.335. The molecule has 1 aliphatic rings. The van der Waals surface area contributed by atoms with Crippen LogP contribution >= 0.6 is 0 Å². The summed E-state index contributed by atoms with van der Waals surface area (Å²) >= 11 is 0. The predicted octanol–water partition coefficient (Wildman–Crippen LogP) is 1.05. The lowest BCUT2D eigenvalue weighted by molar-refractivity contribution is 0.0924. The van der Waals surface area contributed by atoms with E-state index in [1.54, 1.807) is 0 Å². The molecule has 7 heteroatoms. The number of aliphatic hydroxyl groups excluding tert-OH is 1. The maximum Gasteiger partial charge on any atom is 0.410 e. The maximum absolute atomic E-state index is 11.5. The van der Waals surface area contributed by atoms with E-state index in [0.29, 0.717) is 6.42 Å². The van der Waals surface area contributed by atoms with Crippen LogP contribution < -0.4 is 0 Å². The van der Waals surface area contributed by atoms with Crippen LogP contribution in [0.5, 0.6) is 0 Å². The van der Waals surface area contributed by atoms with Crippen molar-refractivity contribution >= 4 is 6.09 Å². The van der Waals surface area contributed by atoms with Gasteiger partial charge in [0.2, 0.25) is 0 Å². The number of ether oxygens (including phenoxy) is 1. The Morgan fingerprint density at radius 2 is 2.56 bits per heavy atom. The Morgan fingerprint density at radius 3 is 3.12 bits per heavy atom. The van der Waals surface area contributed by atoms with Crippen LogP contribution in [0, 0.1) is 0 Å². The smallest absolute Gasteiger partial charge is 0.410 e. The first kappa shape index (κ1) is 12.4. The molecule has 0 aromatic heterocycles. The van der Waals surface area contributed by atoms with Crippen molar-refractivity contribution in [1.29, 1.82) is 0 Å². The summed E-state index contributed by atoms with van der Waals surface area (Å²) in [6.45, 7) is 3.67. The van der Waals surface area contributed by atoms with E-state index in [9.17, 15) is 4.79 Å². The lowest BCUT2D eigenvalue weighted by Gasteiger charge is -2.21. The van der Waals surface area contributed by atoms with Gasteiger partial charge in [0, 0.05) is 11.5 Å². The molecule has 0 radical (unpaired) electrons. The Kier molecular flexibility index (Phi) is 4.63. The van der Waals surface area contributed by atoms with Crippen LogP contribution in [0.4, 0.5) is 4.79 Å². The molecular formula is C9H14N4O3. The largest absolute Gasteiger partial charge is 0.445 e. The van der Waals surface area contributed by atoms with Gasteiger partial charge in [-0.25, -0.2) is 4.79 Å². The number of aliphatic hydroxyl groups is 1. The minimum Gasteiger partial charge on any atom is -0.445 e. The van der Waals surface area contributed by atoms with Crippen molar-refractivity contribution in [1.82, 2.24) is 4.90 Å². The van der Waals surface area contributed by atoms with Crippen LogP contribution in [0.3, 0.4) is 0 Å². The summed E-state index contributed by atoms with van der Waals surface area (Å²) < 4.78 is 4.86. The SMILES string of the molecule is C=CCOC(=O)N1CC(N=[N+]=[N-])CC1CO. The minimum absolute atomic E-state index is 0.125. The van der Waals surface area contributed by atoms with E-state index in [1.807, 2.05) is 0 Å². The molecule has 88 valence electrons. The average molecular weight is 226 g/mol. The molecule has 0 spiro atoms. The van der Waals surface area contributed by atoms with E-state index in [2.05, 4.69) is 16.6 Å². The van der Waals surface area contributed by atoms with Crippen molar-refractivity contribution in [3.63, 3.8) is 0 Å². The van der Waals surface area contributed by atoms with E-state index < -0.39 is 6.09 Å². The first-order valence-electron chi connectivity index (χ1n) is 4.92. The van der Waals surface area contributed by atoms with Gasteiger partial charge in [-0.2, -0.15) is 0 Å². The molecule has 0 aliphatic carbocycles. The molecule has 1 heterocycles. The Morgan fingerprint density at radius 1 is 1.81 bits per heavy atom. The highest BCUT2D eigenvalue weighted by atomic mass is 16.6. The van der Waals surface area contributed by atoms with Gasteiger partial charge in [-0.15, -0.1) is 0 Å². The molecule has 0 aromatic carbocycles. The number of amides is 1. The van der Waals surface area contributed by atoms with E-state index >= 15 is 0 Å². The van der Waals surface area contributed by atoms with E-state index in [1.165, 1.54) is 11.0 Å². The van der Waals surface area contributed by atoms with Crippen molar-refractivity contribution < 1.29 is 14.6 Å². The van der Waals surface area contributed by atoms with Gasteiger partial charge >= 0.3 is 6.09 Å². The number of rotatable bonds is 4. The van der Waals surface area contributed by atoms with Crippen molar-refractivity contribution in [2.75, 3.05) is 19.8 Å². The van der Waals surface area contributed by atoms with Crippen molar-refractivity contribution in [3.05, 3.63) is 23.1 Å². The molecule has 7 nitrogen and oxygen atoms in total. The lowest BCUT2D eigenvalue weighted by Crippen LogP contribution is -2.38. The standard InChI is InChI=1S/C9H14N4O3/c1-2-3-16-9(15)13-5-7(11-12-10)4-8(13)6-14/h2,7-8,14H,1,3-6H2. The van der Waals surface area contributed by atoms with Gasteiger partial charge in [-0.3, -0.25) is 0 Å². The Hall–Kier alpha value is -1.72. The molecule has 0 saturated carbocycles. The molecule has 1 rings (SSSR count). The molecule has 0 aromatic rings. The van der Waals surface area contributed by atoms with Gasteiger partial charge in [0.25, 0.3) is 0 Å². The normalized spacial score (nSPS) is 23.7. The lowest BCUT2D eigenvalue weighted by atomic mass is 10.2. The summed E-state index contributed by atoms with van der Waals surface area (Å²) in [6.07, 6.45) is 1.41. The second-order valence-corrected chi connectivity index (χ2v) is 3.45. The third kappa shape index (κ3) is 2.88. The van der Waals surface area contributed by atoms with Crippen LogP contribution in [-0.4, -0.2) is 47.9 Å². The average Bonchev–Trinajstić information content (AvgIpc) is 2.69. The van der Waals surface area contributed by atoms with Crippen LogP contribution in [0.25, 0.3) is 10.4 Å². The molecule has 1 saturated heterocycles. The van der Waals surface area contributed by atoms with Gasteiger partial charge in [0.1, 0.15) is 6.61 Å². The van der Waals surface area contributed by atoms with Gasteiger partial charge < -0.3 is 14.7 Å². The number of likely N-dealkylation sites (tertiary alicyclic amines) is 1. The number of nitrogens with zero attached hydrogens (tertiary/aromatic N) is 4. The highest BCUT2D eigenvalue weighted by molar-refractivity contribution is 5.68. The second-order valence-electron chi connectivity index (χ2n) is 3.45. The number of hydrogen-bond donors (Lipinski definition) is 1. The second kappa shape index (κ2) is 5.99. The summed E-state index contributed by atoms with van der Waals surface area (Å²) in [4.78, 5) is 15.6.